The van der Waals surface area contributed by atoms with Crippen molar-refractivity contribution in [1.29, 1.82) is 0 Å². The van der Waals surface area contributed by atoms with Crippen LogP contribution in [0.25, 0.3) is 0 Å². The van der Waals surface area contributed by atoms with Crippen LogP contribution in [0.5, 0.6) is 0 Å². The Morgan fingerprint density at radius 1 is 1.16 bits per heavy atom. The summed E-state index contributed by atoms with van der Waals surface area (Å²) in [5, 5.41) is 4.24. The fourth-order valence-electron chi connectivity index (χ4n) is 1.94. The van der Waals surface area contributed by atoms with Crippen molar-refractivity contribution in [2.75, 3.05) is 12.4 Å². The van der Waals surface area contributed by atoms with Gasteiger partial charge in [-0.05, 0) is 12.0 Å². The van der Waals surface area contributed by atoms with E-state index < -0.39 is 0 Å². The summed E-state index contributed by atoms with van der Waals surface area (Å²) in [6, 6.07) is 10.5. The monoisotopic (exact) mass is 273 g/mol. The Hall–Kier alpha value is -1.55. The third kappa shape index (κ3) is 3.70. The fourth-order valence-corrected chi connectivity index (χ4v) is 2.93. The van der Waals surface area contributed by atoms with Crippen molar-refractivity contribution in [1.82, 2.24) is 9.97 Å². The van der Waals surface area contributed by atoms with E-state index in [0.29, 0.717) is 0 Å². The average molecular weight is 273 g/mol. The summed E-state index contributed by atoms with van der Waals surface area (Å²) in [7, 11) is 1.91. The van der Waals surface area contributed by atoms with Crippen LogP contribution in [-0.4, -0.2) is 17.0 Å². The first-order valence-electron chi connectivity index (χ1n) is 6.53. The van der Waals surface area contributed by atoms with Gasteiger partial charge >= 0.3 is 0 Å². The van der Waals surface area contributed by atoms with E-state index >= 15 is 0 Å². The Balaban J connectivity index is 2.15. The molecular weight excluding hydrogens is 254 g/mol. The normalized spacial score (nSPS) is 10.4. The van der Waals surface area contributed by atoms with Crippen LogP contribution in [-0.2, 0) is 12.2 Å². The molecule has 1 N–H and O–H groups in total. The van der Waals surface area contributed by atoms with Gasteiger partial charge < -0.3 is 5.32 Å². The van der Waals surface area contributed by atoms with Crippen molar-refractivity contribution in [3.05, 3.63) is 47.8 Å². The summed E-state index contributed by atoms with van der Waals surface area (Å²) in [5.74, 6) is 1.89. The molecule has 4 heteroatoms. The van der Waals surface area contributed by atoms with E-state index in [2.05, 4.69) is 46.5 Å². The molecule has 0 amide bonds. The molecule has 0 unspecified atom stereocenters. The molecule has 19 heavy (non-hydrogen) atoms. The third-order valence-electron chi connectivity index (χ3n) is 2.86. The second kappa shape index (κ2) is 7.14. The van der Waals surface area contributed by atoms with Crippen LogP contribution >= 0.6 is 11.8 Å². The van der Waals surface area contributed by atoms with Gasteiger partial charge in [0.25, 0.3) is 0 Å². The molecule has 0 atom stereocenters. The van der Waals surface area contributed by atoms with Crippen molar-refractivity contribution in [2.24, 2.45) is 0 Å². The maximum atomic E-state index is 4.43. The van der Waals surface area contributed by atoms with E-state index in [-0.39, 0.29) is 0 Å². The smallest absolute Gasteiger partial charge is 0.133 e. The number of hydrogen-bond donors (Lipinski definition) is 1. The number of nitrogens with one attached hydrogen (secondary N) is 1. The van der Waals surface area contributed by atoms with Gasteiger partial charge in [-0.15, -0.1) is 11.8 Å². The van der Waals surface area contributed by atoms with E-state index in [1.54, 1.807) is 18.1 Å². The van der Waals surface area contributed by atoms with E-state index in [4.69, 9.17) is 0 Å². The van der Waals surface area contributed by atoms with Gasteiger partial charge in [0.1, 0.15) is 17.2 Å². The summed E-state index contributed by atoms with van der Waals surface area (Å²) in [4.78, 5) is 8.73. The summed E-state index contributed by atoms with van der Waals surface area (Å²) in [6.07, 6.45) is 3.74. The van der Waals surface area contributed by atoms with Crippen molar-refractivity contribution in [2.45, 2.75) is 30.5 Å². The molecule has 2 rings (SSSR count). The molecule has 3 nitrogen and oxygen atoms in total. The average Bonchev–Trinajstić information content (AvgIpc) is 2.47. The van der Waals surface area contributed by atoms with Crippen molar-refractivity contribution in [3.63, 3.8) is 0 Å². The molecule has 0 saturated carbocycles. The van der Waals surface area contributed by atoms with Crippen LogP contribution in [0.3, 0.4) is 0 Å². The van der Waals surface area contributed by atoms with E-state index in [1.807, 2.05) is 13.1 Å². The van der Waals surface area contributed by atoms with Crippen molar-refractivity contribution in [3.8, 4) is 0 Å². The molecule has 100 valence electrons. The number of rotatable bonds is 6. The summed E-state index contributed by atoms with van der Waals surface area (Å²) in [6.45, 7) is 2.18. The lowest BCUT2D eigenvalue weighted by Gasteiger charge is -2.11. The van der Waals surface area contributed by atoms with E-state index in [0.717, 1.165) is 29.4 Å². The first-order valence-corrected chi connectivity index (χ1v) is 7.52. The van der Waals surface area contributed by atoms with E-state index in [1.165, 1.54) is 11.1 Å². The lowest BCUT2D eigenvalue weighted by molar-refractivity contribution is 0.858. The fraction of sp³-hybridized carbons (Fsp3) is 0.333. The van der Waals surface area contributed by atoms with Crippen LogP contribution < -0.4 is 5.32 Å². The summed E-state index contributed by atoms with van der Waals surface area (Å²) >= 11 is 1.78. The second-order valence-corrected chi connectivity index (χ2v) is 5.24. The zero-order valence-electron chi connectivity index (χ0n) is 11.4. The molecule has 1 heterocycles. The minimum atomic E-state index is 0.942. The Bertz CT molecular complexity index is 514. The topological polar surface area (TPSA) is 37.8 Å². The Morgan fingerprint density at radius 3 is 2.63 bits per heavy atom. The molecule has 0 bridgehead atoms. The van der Waals surface area contributed by atoms with Gasteiger partial charge in [-0.2, -0.15) is 0 Å². The molecule has 0 radical (unpaired) electrons. The SMILES string of the molecule is CCCc1c(NC)ncnc1SCc1ccccc1. The number of thioether (sulfide) groups is 1. The molecular formula is C15H19N3S. The molecule has 0 spiro atoms. The van der Waals surface area contributed by atoms with Gasteiger partial charge in [0.2, 0.25) is 0 Å². The predicted molar refractivity (Wildman–Crippen MR) is 81.6 cm³/mol. The number of aromatic nitrogens is 2. The van der Waals surface area contributed by atoms with Gasteiger partial charge in [-0.3, -0.25) is 0 Å². The number of nitrogens with zero attached hydrogens (tertiary/aromatic N) is 2. The first kappa shape index (κ1) is 13.9. The Morgan fingerprint density at radius 2 is 1.95 bits per heavy atom. The second-order valence-electron chi connectivity index (χ2n) is 4.28. The molecule has 0 aliphatic heterocycles. The summed E-state index contributed by atoms with van der Waals surface area (Å²) < 4.78 is 0. The predicted octanol–water partition coefficient (Wildman–Crippen LogP) is 3.76. The Kier molecular flexibility index (Phi) is 5.21. The lowest BCUT2D eigenvalue weighted by Crippen LogP contribution is -2.02. The van der Waals surface area contributed by atoms with Gasteiger partial charge in [-0.1, -0.05) is 43.7 Å². The number of hydrogen-bond acceptors (Lipinski definition) is 4. The number of anilines is 1. The minimum Gasteiger partial charge on any atom is -0.373 e. The lowest BCUT2D eigenvalue weighted by atomic mass is 10.2. The van der Waals surface area contributed by atoms with Gasteiger partial charge in [0.05, 0.1) is 0 Å². The Labute approximate surface area is 118 Å². The van der Waals surface area contributed by atoms with Gasteiger partial charge in [0, 0.05) is 18.4 Å². The largest absolute Gasteiger partial charge is 0.373 e. The zero-order chi connectivity index (χ0) is 13.5. The standard InChI is InChI=1S/C15H19N3S/c1-3-7-13-14(16-2)17-11-18-15(13)19-10-12-8-5-4-6-9-12/h4-6,8-9,11H,3,7,10H2,1-2H3,(H,16,17,18). The van der Waals surface area contributed by atoms with E-state index in [9.17, 15) is 0 Å². The van der Waals surface area contributed by atoms with Crippen LogP contribution in [0.1, 0.15) is 24.5 Å². The highest BCUT2D eigenvalue weighted by atomic mass is 32.2. The van der Waals surface area contributed by atoms with Gasteiger partial charge in [0.15, 0.2) is 0 Å². The van der Waals surface area contributed by atoms with Crippen molar-refractivity contribution >= 4 is 17.6 Å². The number of benzene rings is 1. The molecule has 0 aliphatic carbocycles. The van der Waals surface area contributed by atoms with Crippen LogP contribution in [0.4, 0.5) is 5.82 Å². The molecule has 0 saturated heterocycles. The highest BCUT2D eigenvalue weighted by Crippen LogP contribution is 2.28. The minimum absolute atomic E-state index is 0.942. The highest BCUT2D eigenvalue weighted by molar-refractivity contribution is 7.98. The zero-order valence-corrected chi connectivity index (χ0v) is 12.2. The molecule has 0 aliphatic rings. The molecule has 1 aromatic carbocycles. The maximum absolute atomic E-state index is 4.43. The maximum Gasteiger partial charge on any atom is 0.133 e. The van der Waals surface area contributed by atoms with Crippen LogP contribution in [0.15, 0.2) is 41.7 Å². The highest BCUT2D eigenvalue weighted by Gasteiger charge is 2.10. The van der Waals surface area contributed by atoms with Crippen LogP contribution in [0.2, 0.25) is 0 Å². The van der Waals surface area contributed by atoms with Crippen molar-refractivity contribution < 1.29 is 0 Å². The van der Waals surface area contributed by atoms with Crippen LogP contribution in [0, 0.1) is 0 Å². The third-order valence-corrected chi connectivity index (χ3v) is 3.96. The van der Waals surface area contributed by atoms with Gasteiger partial charge in [-0.25, -0.2) is 9.97 Å². The first-order chi connectivity index (χ1) is 9.35. The molecule has 0 fully saturated rings. The molecule has 2 aromatic rings. The summed E-state index contributed by atoms with van der Waals surface area (Å²) in [5.41, 5.74) is 2.55. The molecule has 1 aromatic heterocycles. The quantitative estimate of drug-likeness (QED) is 0.642.